The summed E-state index contributed by atoms with van der Waals surface area (Å²) in [5, 5.41) is 0.785. The molecule has 4 nitrogen and oxygen atoms in total. The van der Waals surface area contributed by atoms with Crippen molar-refractivity contribution in [3.05, 3.63) is 12.2 Å². The zero-order valence-electron chi connectivity index (χ0n) is 5.20. The Labute approximate surface area is 68.6 Å². The first kappa shape index (κ1) is 7.67. The van der Waals surface area contributed by atoms with Gasteiger partial charge in [-0.25, -0.2) is 0 Å². The number of hydrogen-bond donors (Lipinski definition) is 0. The van der Waals surface area contributed by atoms with E-state index in [9.17, 15) is 9.59 Å². The standard InChI is InChI=1S/C5H5INO3/c1-6-10-7-4(8)2-3-5(7)9/h2-3H,1H3/q-1. The Morgan fingerprint density at radius 3 is 2.30 bits per heavy atom. The van der Waals surface area contributed by atoms with Crippen molar-refractivity contribution in [3.8, 4) is 0 Å². The van der Waals surface area contributed by atoms with E-state index >= 15 is 0 Å². The number of hydrogen-bond acceptors (Lipinski definition) is 3. The predicted octanol–water partition coefficient (Wildman–Crippen LogP) is -3.52. The first-order valence-electron chi connectivity index (χ1n) is 2.48. The van der Waals surface area contributed by atoms with E-state index in [0.29, 0.717) is 0 Å². The van der Waals surface area contributed by atoms with E-state index in [0.717, 1.165) is 5.06 Å². The maximum atomic E-state index is 10.7. The van der Waals surface area contributed by atoms with Crippen LogP contribution in [0.2, 0.25) is 0 Å². The van der Waals surface area contributed by atoms with Crippen LogP contribution in [-0.4, -0.2) is 21.8 Å². The molecule has 10 heavy (non-hydrogen) atoms. The fourth-order valence-corrected chi connectivity index (χ4v) is 1.31. The van der Waals surface area contributed by atoms with Crippen LogP contribution in [0.5, 0.6) is 0 Å². The van der Waals surface area contributed by atoms with Gasteiger partial charge in [0.15, 0.2) is 0 Å². The van der Waals surface area contributed by atoms with Crippen LogP contribution in [0.1, 0.15) is 0 Å². The molecule has 0 aromatic carbocycles. The average molecular weight is 254 g/mol. The number of alkyl halides is 1. The third-order valence-electron chi connectivity index (χ3n) is 0.907. The van der Waals surface area contributed by atoms with E-state index in [4.69, 9.17) is 3.17 Å². The summed E-state index contributed by atoms with van der Waals surface area (Å²) >= 11 is -0.516. The topological polar surface area (TPSA) is 46.6 Å². The average Bonchev–Trinajstić information content (AvgIpc) is 2.20. The Hall–Kier alpha value is -0.430. The van der Waals surface area contributed by atoms with Gasteiger partial charge in [-0.3, -0.25) is 0 Å². The Morgan fingerprint density at radius 1 is 1.40 bits per heavy atom. The summed E-state index contributed by atoms with van der Waals surface area (Å²) in [7, 11) is 0. The van der Waals surface area contributed by atoms with Gasteiger partial charge in [0.05, 0.1) is 0 Å². The molecular formula is C5H5INO3-. The number of nitrogens with zero attached hydrogens (tertiary/aromatic N) is 1. The first-order chi connectivity index (χ1) is 4.75. The molecule has 0 aromatic rings. The van der Waals surface area contributed by atoms with Gasteiger partial charge in [0.2, 0.25) is 0 Å². The van der Waals surface area contributed by atoms with Crippen LogP contribution < -0.4 is 21.6 Å². The van der Waals surface area contributed by atoms with Crippen molar-refractivity contribution < 1.29 is 34.4 Å². The van der Waals surface area contributed by atoms with Gasteiger partial charge >= 0.3 is 68.3 Å². The van der Waals surface area contributed by atoms with Crippen LogP contribution in [0.3, 0.4) is 0 Å². The van der Waals surface area contributed by atoms with Crippen LogP contribution in [-0.2, 0) is 12.8 Å². The van der Waals surface area contributed by atoms with E-state index in [-0.39, 0.29) is 11.8 Å². The fraction of sp³-hybridized carbons (Fsp3) is 0.200. The summed E-state index contributed by atoms with van der Waals surface area (Å²) in [6.07, 6.45) is 2.39. The van der Waals surface area contributed by atoms with Gasteiger partial charge in [-0.15, -0.1) is 0 Å². The number of hydroxylamine groups is 2. The molecule has 0 atom stereocenters. The minimum atomic E-state index is -0.516. The molecule has 0 bridgehead atoms. The number of imide groups is 1. The Balaban J connectivity index is 2.60. The fourth-order valence-electron chi connectivity index (χ4n) is 0.524. The van der Waals surface area contributed by atoms with Gasteiger partial charge in [0.1, 0.15) is 0 Å². The van der Waals surface area contributed by atoms with Crippen molar-refractivity contribution in [1.29, 1.82) is 0 Å². The van der Waals surface area contributed by atoms with Crippen molar-refractivity contribution >= 4 is 11.8 Å². The van der Waals surface area contributed by atoms with E-state index in [1.807, 2.05) is 4.93 Å². The first-order valence-corrected chi connectivity index (χ1v) is 5.52. The van der Waals surface area contributed by atoms with Gasteiger partial charge in [-0.1, -0.05) is 0 Å². The molecule has 0 unspecified atom stereocenters. The molecule has 5 heteroatoms. The van der Waals surface area contributed by atoms with Gasteiger partial charge in [0, 0.05) is 0 Å². The van der Waals surface area contributed by atoms with Crippen LogP contribution in [0.4, 0.5) is 0 Å². The second-order valence-electron chi connectivity index (χ2n) is 1.53. The molecule has 0 saturated carbocycles. The summed E-state index contributed by atoms with van der Waals surface area (Å²) in [6.45, 7) is 0. The third kappa shape index (κ3) is 1.35. The molecule has 2 amide bonds. The summed E-state index contributed by atoms with van der Waals surface area (Å²) in [5.74, 6) is -0.766. The van der Waals surface area contributed by atoms with E-state index in [1.165, 1.54) is 12.2 Å². The third-order valence-corrected chi connectivity index (χ3v) is 1.69. The quantitative estimate of drug-likeness (QED) is 0.291. The van der Waals surface area contributed by atoms with Gasteiger partial charge in [-0.2, -0.15) is 0 Å². The van der Waals surface area contributed by atoms with Crippen molar-refractivity contribution in [3.63, 3.8) is 0 Å². The Kier molecular flexibility index (Phi) is 2.39. The van der Waals surface area contributed by atoms with E-state index < -0.39 is 21.6 Å². The summed E-state index contributed by atoms with van der Waals surface area (Å²) in [5.41, 5.74) is 0. The summed E-state index contributed by atoms with van der Waals surface area (Å²) < 4.78 is 4.81. The SMILES string of the molecule is C[I-]ON1C(=O)C=CC1=O. The zero-order chi connectivity index (χ0) is 7.56. The molecule has 0 aliphatic carbocycles. The molecule has 1 aliphatic rings. The summed E-state index contributed by atoms with van der Waals surface area (Å²) in [4.78, 5) is 23.2. The number of rotatable bonds is 2. The predicted molar refractivity (Wildman–Crippen MR) is 28.0 cm³/mol. The van der Waals surface area contributed by atoms with E-state index in [1.54, 1.807) is 0 Å². The zero-order valence-corrected chi connectivity index (χ0v) is 7.36. The van der Waals surface area contributed by atoms with Crippen molar-refractivity contribution in [1.82, 2.24) is 5.06 Å². The number of carbonyl (C=O) groups is 2. The molecule has 0 N–H and O–H groups in total. The number of halogens is 1. The Morgan fingerprint density at radius 2 is 1.90 bits per heavy atom. The molecule has 1 heterocycles. The number of carbonyl (C=O) groups excluding carboxylic acids is 2. The molecule has 0 aromatic heterocycles. The van der Waals surface area contributed by atoms with Crippen LogP contribution in [0, 0.1) is 0 Å². The Bertz CT molecular complexity index is 183. The molecule has 0 radical (unpaired) electrons. The second-order valence-corrected chi connectivity index (χ2v) is 2.80. The number of amides is 2. The van der Waals surface area contributed by atoms with E-state index in [2.05, 4.69) is 0 Å². The van der Waals surface area contributed by atoms with Crippen molar-refractivity contribution in [2.75, 3.05) is 4.93 Å². The minimum absolute atomic E-state index is 0.383. The molecule has 1 aliphatic heterocycles. The molecular weight excluding hydrogens is 249 g/mol. The van der Waals surface area contributed by atoms with Gasteiger partial charge in [0.25, 0.3) is 0 Å². The van der Waals surface area contributed by atoms with Crippen LogP contribution in [0.25, 0.3) is 0 Å². The van der Waals surface area contributed by atoms with Crippen molar-refractivity contribution in [2.24, 2.45) is 0 Å². The molecule has 0 saturated heterocycles. The van der Waals surface area contributed by atoms with Gasteiger partial charge < -0.3 is 0 Å². The molecule has 0 spiro atoms. The van der Waals surface area contributed by atoms with Gasteiger partial charge in [-0.05, 0) is 0 Å². The summed E-state index contributed by atoms with van der Waals surface area (Å²) in [6, 6.07) is 0. The van der Waals surface area contributed by atoms with Crippen LogP contribution >= 0.6 is 0 Å². The molecule has 56 valence electrons. The van der Waals surface area contributed by atoms with Crippen LogP contribution in [0.15, 0.2) is 12.2 Å². The molecule has 1 rings (SSSR count). The maximum absolute atomic E-state index is 10.7. The van der Waals surface area contributed by atoms with Crippen molar-refractivity contribution in [2.45, 2.75) is 0 Å². The monoisotopic (exact) mass is 254 g/mol. The second kappa shape index (κ2) is 3.11. The molecule has 0 fully saturated rings. The normalized spacial score (nSPS) is 17.5.